The van der Waals surface area contributed by atoms with Crippen molar-refractivity contribution in [1.82, 2.24) is 5.32 Å². The predicted octanol–water partition coefficient (Wildman–Crippen LogP) is 6.76. The van der Waals surface area contributed by atoms with E-state index in [1.165, 1.54) is 30.4 Å². The molecule has 6 rings (SSSR count). The van der Waals surface area contributed by atoms with Gasteiger partial charge in [0.25, 0.3) is 11.8 Å². The number of anilines is 2. The molecule has 0 aromatic heterocycles. The molecule has 6 atom stereocenters. The van der Waals surface area contributed by atoms with E-state index in [4.69, 9.17) is 0 Å². The number of nitrogens with one attached hydrogen (secondary N) is 3. The van der Waals surface area contributed by atoms with Gasteiger partial charge in [0.1, 0.15) is 0 Å². The number of fused-ring (bicyclic) bond motifs is 7. The summed E-state index contributed by atoms with van der Waals surface area (Å²) in [5.74, 6) is 2.09. The Hall–Kier alpha value is -3.60. The van der Waals surface area contributed by atoms with Gasteiger partial charge in [0.2, 0.25) is 0 Å². The van der Waals surface area contributed by atoms with Gasteiger partial charge >= 0.3 is 0 Å². The van der Waals surface area contributed by atoms with E-state index in [-0.39, 0.29) is 17.9 Å². The summed E-state index contributed by atoms with van der Waals surface area (Å²) in [6.45, 7) is 4.01. The van der Waals surface area contributed by atoms with Crippen LogP contribution in [0.15, 0.2) is 72.8 Å². The molecule has 1 heterocycles. The predicted molar refractivity (Wildman–Crippen MR) is 148 cm³/mol. The van der Waals surface area contributed by atoms with E-state index >= 15 is 0 Å². The molecule has 3 aromatic carbocycles. The minimum Gasteiger partial charge on any atom is -0.378 e. The maximum absolute atomic E-state index is 13.4. The second-order valence-corrected chi connectivity index (χ2v) is 11.1. The number of rotatable bonds is 6. The van der Waals surface area contributed by atoms with Gasteiger partial charge in [0.15, 0.2) is 0 Å². The van der Waals surface area contributed by atoms with Gasteiger partial charge in [-0.3, -0.25) is 9.59 Å². The normalized spacial score (nSPS) is 25.9. The molecule has 0 saturated heterocycles. The third-order valence-corrected chi connectivity index (χ3v) is 8.92. The number of carbonyl (C=O) groups excluding carboxylic acids is 2. The molecule has 190 valence electrons. The summed E-state index contributed by atoms with van der Waals surface area (Å²) in [5, 5.41) is 9.86. The van der Waals surface area contributed by atoms with E-state index in [0.717, 1.165) is 18.0 Å². The summed E-state index contributed by atoms with van der Waals surface area (Å²) < 4.78 is 0. The maximum atomic E-state index is 13.4. The van der Waals surface area contributed by atoms with Crippen molar-refractivity contribution in [3.05, 3.63) is 95.1 Å². The third-order valence-electron chi connectivity index (χ3n) is 8.92. The molecule has 0 spiro atoms. The largest absolute Gasteiger partial charge is 0.378 e. The fourth-order valence-electron chi connectivity index (χ4n) is 7.01. The van der Waals surface area contributed by atoms with Crippen LogP contribution >= 0.6 is 0 Å². The highest BCUT2D eigenvalue weighted by atomic mass is 16.2. The molecule has 2 fully saturated rings. The average molecular weight is 494 g/mol. The zero-order valence-corrected chi connectivity index (χ0v) is 21.5. The summed E-state index contributed by atoms with van der Waals surface area (Å²) in [7, 11) is 0. The summed E-state index contributed by atoms with van der Waals surface area (Å²) in [4.78, 5) is 26.2. The summed E-state index contributed by atoms with van der Waals surface area (Å²) in [5.41, 5.74) is 5.43. The number of carbonyl (C=O) groups is 2. The molecule has 37 heavy (non-hydrogen) atoms. The second kappa shape index (κ2) is 9.70. The Morgan fingerprint density at radius 1 is 0.946 bits per heavy atom. The first-order chi connectivity index (χ1) is 18.0. The highest BCUT2D eigenvalue weighted by Crippen LogP contribution is 2.63. The SMILES string of the molecule is CC[C@H](C)NC(=O)c1ccccc1NC(=O)c1ccc2c(c1)[C@@H]1[C@H]3CC[C@@H](C3)[C@@H]1[C@H](c1ccccc1)N2. The van der Waals surface area contributed by atoms with Crippen molar-refractivity contribution in [2.75, 3.05) is 10.6 Å². The van der Waals surface area contributed by atoms with E-state index in [1.807, 2.05) is 32.0 Å². The highest BCUT2D eigenvalue weighted by Gasteiger charge is 2.53. The van der Waals surface area contributed by atoms with Crippen LogP contribution in [0.4, 0.5) is 11.4 Å². The Labute approximate surface area is 219 Å². The smallest absolute Gasteiger partial charge is 0.255 e. The average Bonchev–Trinajstić information content (AvgIpc) is 3.56. The Balaban J connectivity index is 1.29. The lowest BCUT2D eigenvalue weighted by molar-refractivity contribution is 0.0940. The van der Waals surface area contributed by atoms with Gasteiger partial charge in [-0.25, -0.2) is 0 Å². The molecular formula is C32H35N3O2. The van der Waals surface area contributed by atoms with Crippen LogP contribution in [0.1, 0.15) is 83.3 Å². The lowest BCUT2D eigenvalue weighted by Gasteiger charge is -2.43. The lowest BCUT2D eigenvalue weighted by atomic mass is 9.68. The van der Waals surface area contributed by atoms with Gasteiger partial charge in [-0.1, -0.05) is 49.4 Å². The Morgan fingerprint density at radius 3 is 2.51 bits per heavy atom. The van der Waals surface area contributed by atoms with Crippen LogP contribution in [0.25, 0.3) is 0 Å². The number of para-hydroxylation sites is 1. The first kappa shape index (κ1) is 23.8. The van der Waals surface area contributed by atoms with E-state index in [2.05, 4.69) is 58.4 Å². The van der Waals surface area contributed by atoms with Gasteiger partial charge in [0, 0.05) is 17.3 Å². The van der Waals surface area contributed by atoms with Gasteiger partial charge in [-0.15, -0.1) is 0 Å². The molecule has 3 N–H and O–H groups in total. The van der Waals surface area contributed by atoms with Crippen molar-refractivity contribution >= 4 is 23.2 Å². The van der Waals surface area contributed by atoms with Crippen LogP contribution in [0.5, 0.6) is 0 Å². The van der Waals surface area contributed by atoms with Crippen LogP contribution < -0.4 is 16.0 Å². The molecule has 5 heteroatoms. The first-order valence-electron chi connectivity index (χ1n) is 13.7. The minimum atomic E-state index is -0.184. The minimum absolute atomic E-state index is 0.0683. The molecule has 1 aliphatic heterocycles. The summed E-state index contributed by atoms with van der Waals surface area (Å²) in [6, 6.07) is 24.5. The molecule has 2 amide bonds. The van der Waals surface area contributed by atoms with Crippen LogP contribution in [0.2, 0.25) is 0 Å². The van der Waals surface area contributed by atoms with Crippen molar-refractivity contribution in [1.29, 1.82) is 0 Å². The molecule has 0 radical (unpaired) electrons. The van der Waals surface area contributed by atoms with Crippen molar-refractivity contribution in [3.8, 4) is 0 Å². The quantitative estimate of drug-likeness (QED) is 0.355. The first-order valence-corrected chi connectivity index (χ1v) is 13.7. The molecule has 2 bridgehead atoms. The molecular weight excluding hydrogens is 458 g/mol. The van der Waals surface area contributed by atoms with Gasteiger partial charge in [-0.2, -0.15) is 0 Å². The Morgan fingerprint density at radius 2 is 1.70 bits per heavy atom. The Kier molecular flexibility index (Phi) is 6.23. The molecule has 2 aliphatic carbocycles. The van der Waals surface area contributed by atoms with Crippen LogP contribution in [0, 0.1) is 17.8 Å². The zero-order valence-electron chi connectivity index (χ0n) is 21.5. The highest BCUT2D eigenvalue weighted by molar-refractivity contribution is 6.09. The van der Waals surface area contributed by atoms with Crippen LogP contribution in [-0.2, 0) is 0 Å². The third kappa shape index (κ3) is 4.30. The maximum Gasteiger partial charge on any atom is 0.255 e. The molecule has 3 aliphatic rings. The molecule has 0 unspecified atom stereocenters. The van der Waals surface area contributed by atoms with Gasteiger partial charge in [0.05, 0.1) is 17.3 Å². The van der Waals surface area contributed by atoms with Crippen molar-refractivity contribution < 1.29 is 9.59 Å². The van der Waals surface area contributed by atoms with Crippen molar-refractivity contribution in [3.63, 3.8) is 0 Å². The fraction of sp³-hybridized carbons (Fsp3) is 0.375. The summed E-state index contributed by atoms with van der Waals surface area (Å²) in [6.07, 6.45) is 4.72. The van der Waals surface area contributed by atoms with E-state index in [9.17, 15) is 9.59 Å². The van der Waals surface area contributed by atoms with E-state index < -0.39 is 0 Å². The van der Waals surface area contributed by atoms with Crippen molar-refractivity contribution in [2.45, 2.75) is 57.5 Å². The molecule has 5 nitrogen and oxygen atoms in total. The monoisotopic (exact) mass is 493 g/mol. The van der Waals surface area contributed by atoms with Crippen molar-refractivity contribution in [2.24, 2.45) is 17.8 Å². The number of benzene rings is 3. The zero-order chi connectivity index (χ0) is 25.5. The molecule has 3 aromatic rings. The lowest BCUT2D eigenvalue weighted by Crippen LogP contribution is -2.35. The topological polar surface area (TPSA) is 70.2 Å². The standard InChI is InChI=1S/C32H35N3O2/c1-3-19(2)33-32(37)24-11-7-8-12-26(24)35-31(36)23-15-16-27-25(18-23)28-21-13-14-22(17-21)29(28)30(34-27)20-9-5-4-6-10-20/h4-12,15-16,18-19,21-22,28-30,34H,3,13-14,17H2,1-2H3,(H,33,37)(H,35,36)/t19-,21-,22-,28-,29-,30-/m0/s1. The Bertz CT molecular complexity index is 1320. The number of amides is 2. The van der Waals surface area contributed by atoms with Gasteiger partial charge in [-0.05, 0) is 97.7 Å². The second-order valence-electron chi connectivity index (χ2n) is 11.1. The van der Waals surface area contributed by atoms with Gasteiger partial charge < -0.3 is 16.0 Å². The number of hydrogen-bond acceptors (Lipinski definition) is 3. The number of hydrogen-bond donors (Lipinski definition) is 3. The van der Waals surface area contributed by atoms with Crippen LogP contribution in [0.3, 0.4) is 0 Å². The molecule has 2 saturated carbocycles. The summed E-state index contributed by atoms with van der Waals surface area (Å²) >= 11 is 0. The van der Waals surface area contributed by atoms with Crippen LogP contribution in [-0.4, -0.2) is 17.9 Å². The van der Waals surface area contributed by atoms with E-state index in [0.29, 0.717) is 40.6 Å². The van der Waals surface area contributed by atoms with E-state index in [1.54, 1.807) is 12.1 Å². The fourth-order valence-corrected chi connectivity index (χ4v) is 7.01.